The highest BCUT2D eigenvalue weighted by atomic mass is 35.5. The van der Waals surface area contributed by atoms with Crippen LogP contribution >= 0.6 is 11.6 Å². The van der Waals surface area contributed by atoms with Crippen LogP contribution in [0.1, 0.15) is 11.3 Å². The van der Waals surface area contributed by atoms with Crippen LogP contribution in [0.3, 0.4) is 0 Å². The number of imidazole rings is 2. The molecule has 0 amide bonds. The Labute approximate surface area is 159 Å². The molecule has 0 spiro atoms. The molecule has 0 unspecified atom stereocenters. The molecule has 0 saturated carbocycles. The van der Waals surface area contributed by atoms with Gasteiger partial charge in [0.15, 0.2) is 11.2 Å². The van der Waals surface area contributed by atoms with E-state index >= 15 is 0 Å². The first kappa shape index (κ1) is 17.4. The number of rotatable bonds is 4. The van der Waals surface area contributed by atoms with Gasteiger partial charge in [-0.05, 0) is 31.5 Å². The largest absolute Gasteiger partial charge is 0.383 e. The van der Waals surface area contributed by atoms with Crippen LogP contribution in [0.5, 0.6) is 0 Å². The Bertz CT molecular complexity index is 1290. The Morgan fingerprint density at radius 3 is 2.78 bits per heavy atom. The lowest BCUT2D eigenvalue weighted by atomic mass is 10.2. The minimum atomic E-state index is -0.477. The van der Waals surface area contributed by atoms with E-state index in [0.29, 0.717) is 30.0 Å². The maximum Gasteiger partial charge on any atom is 0.329 e. The summed E-state index contributed by atoms with van der Waals surface area (Å²) < 4.78 is 5.08. The topological polar surface area (TPSA) is 89.1 Å². The van der Waals surface area contributed by atoms with Crippen LogP contribution in [-0.2, 0) is 13.6 Å². The lowest BCUT2D eigenvalue weighted by molar-refractivity contribution is 0.724. The number of aromatic amines is 1. The number of aryl methyl sites for hydroxylation is 3. The molecule has 4 rings (SSSR count). The van der Waals surface area contributed by atoms with Crippen molar-refractivity contribution in [3.63, 3.8) is 0 Å². The predicted molar refractivity (Wildman–Crippen MR) is 106 cm³/mol. The van der Waals surface area contributed by atoms with Crippen LogP contribution in [-0.4, -0.2) is 30.0 Å². The number of nitrogens with zero attached hydrogens (tertiary/aromatic N) is 4. The second-order valence-corrected chi connectivity index (χ2v) is 6.99. The van der Waals surface area contributed by atoms with Crippen LogP contribution in [0, 0.1) is 13.8 Å². The van der Waals surface area contributed by atoms with Crippen molar-refractivity contribution in [2.75, 3.05) is 11.9 Å². The number of fused-ring (bicyclic) bond motifs is 3. The van der Waals surface area contributed by atoms with E-state index in [2.05, 4.69) is 15.3 Å². The van der Waals surface area contributed by atoms with Crippen molar-refractivity contribution in [3.05, 3.63) is 61.5 Å². The monoisotopic (exact) mass is 386 g/mol. The summed E-state index contributed by atoms with van der Waals surface area (Å²) in [4.78, 5) is 30.9. The van der Waals surface area contributed by atoms with E-state index in [-0.39, 0.29) is 0 Å². The van der Waals surface area contributed by atoms with E-state index in [1.165, 1.54) is 4.57 Å². The minimum absolute atomic E-state index is 0.366. The summed E-state index contributed by atoms with van der Waals surface area (Å²) in [5.74, 6) is 0.623. The highest BCUT2D eigenvalue weighted by Crippen LogP contribution is 2.20. The Hall–Kier alpha value is -3.00. The smallest absolute Gasteiger partial charge is 0.329 e. The van der Waals surface area contributed by atoms with Gasteiger partial charge in [0.1, 0.15) is 0 Å². The van der Waals surface area contributed by atoms with Gasteiger partial charge in [0, 0.05) is 42.7 Å². The van der Waals surface area contributed by atoms with E-state index in [1.807, 2.05) is 42.8 Å². The van der Waals surface area contributed by atoms with E-state index in [0.717, 1.165) is 22.0 Å². The summed E-state index contributed by atoms with van der Waals surface area (Å²) in [6.45, 7) is 5.22. The molecular weight excluding hydrogens is 368 g/mol. The van der Waals surface area contributed by atoms with Crippen LogP contribution < -0.4 is 16.6 Å². The van der Waals surface area contributed by atoms with Gasteiger partial charge in [-0.3, -0.25) is 18.7 Å². The van der Waals surface area contributed by atoms with Gasteiger partial charge in [-0.25, -0.2) is 4.79 Å². The zero-order valence-corrected chi connectivity index (χ0v) is 16.0. The summed E-state index contributed by atoms with van der Waals surface area (Å²) in [6, 6.07) is 5.85. The first-order valence-electron chi connectivity index (χ1n) is 8.54. The van der Waals surface area contributed by atoms with Crippen LogP contribution in [0.25, 0.3) is 16.9 Å². The molecule has 0 saturated heterocycles. The maximum atomic E-state index is 12.2. The molecule has 4 aromatic rings. The number of nitrogens with one attached hydrogen (secondary N) is 2. The van der Waals surface area contributed by atoms with Crippen LogP contribution in [0.2, 0.25) is 5.02 Å². The molecule has 140 valence electrons. The predicted octanol–water partition coefficient (Wildman–Crippen LogP) is 2.06. The molecule has 9 heteroatoms. The van der Waals surface area contributed by atoms with Gasteiger partial charge in [0.25, 0.3) is 5.56 Å². The second-order valence-electron chi connectivity index (χ2n) is 6.59. The summed E-state index contributed by atoms with van der Waals surface area (Å²) in [6.07, 6.45) is 1.85. The quantitative estimate of drug-likeness (QED) is 0.562. The van der Waals surface area contributed by atoms with Crippen LogP contribution in [0.4, 0.5) is 5.69 Å². The van der Waals surface area contributed by atoms with E-state index in [1.54, 1.807) is 11.4 Å². The fraction of sp³-hybridized carbons (Fsp3) is 0.278. The molecule has 27 heavy (non-hydrogen) atoms. The van der Waals surface area contributed by atoms with Gasteiger partial charge >= 0.3 is 5.69 Å². The zero-order chi connectivity index (χ0) is 19.3. The molecule has 8 nitrogen and oxygen atoms in total. The molecule has 3 heterocycles. The highest BCUT2D eigenvalue weighted by Gasteiger charge is 2.17. The summed E-state index contributed by atoms with van der Waals surface area (Å²) in [7, 11) is 1.59. The lowest BCUT2D eigenvalue weighted by Gasteiger charge is -2.10. The maximum absolute atomic E-state index is 12.2. The van der Waals surface area contributed by atoms with E-state index in [9.17, 15) is 9.59 Å². The van der Waals surface area contributed by atoms with Gasteiger partial charge in [0.2, 0.25) is 5.78 Å². The fourth-order valence-corrected chi connectivity index (χ4v) is 3.39. The number of anilines is 1. The molecule has 0 aliphatic rings. The summed E-state index contributed by atoms with van der Waals surface area (Å²) in [5, 5.41) is 4.06. The van der Waals surface area contributed by atoms with Gasteiger partial charge in [-0.15, -0.1) is 0 Å². The standard InChI is InChI=1S/C18H19ClN6O2/c1-10-4-5-12(8-13(10)19)20-6-7-24-11(2)9-25-14-15(21-17(24)25)23(3)18(27)22-16(14)26/h4-5,8-9,20H,6-7H2,1-3H3,(H,22,26,27). The molecular formula is C18H19ClN6O2. The number of hydrogen-bond donors (Lipinski definition) is 2. The number of H-pyrrole nitrogens is 1. The summed E-state index contributed by atoms with van der Waals surface area (Å²) >= 11 is 6.16. The Kier molecular flexibility index (Phi) is 4.07. The highest BCUT2D eigenvalue weighted by molar-refractivity contribution is 6.31. The summed E-state index contributed by atoms with van der Waals surface area (Å²) in [5.41, 5.74) is 2.76. The van der Waals surface area contributed by atoms with Crippen molar-refractivity contribution in [1.29, 1.82) is 0 Å². The molecule has 0 aliphatic carbocycles. The first-order chi connectivity index (χ1) is 12.9. The Balaban J connectivity index is 1.68. The molecule has 0 radical (unpaired) electrons. The zero-order valence-electron chi connectivity index (χ0n) is 15.2. The number of benzene rings is 1. The third-order valence-electron chi connectivity index (χ3n) is 4.75. The molecule has 0 atom stereocenters. The molecule has 0 fully saturated rings. The number of hydrogen-bond acceptors (Lipinski definition) is 4. The van der Waals surface area contributed by atoms with Gasteiger partial charge in [-0.2, -0.15) is 4.98 Å². The molecule has 1 aromatic carbocycles. The first-order valence-corrected chi connectivity index (χ1v) is 8.92. The van der Waals surface area contributed by atoms with Crippen molar-refractivity contribution < 1.29 is 0 Å². The normalized spacial score (nSPS) is 11.6. The SMILES string of the molecule is Cc1ccc(NCCn2c(C)cn3c4c(=O)[nH]c(=O)n(C)c4nc23)cc1Cl. The molecule has 0 aliphatic heterocycles. The van der Waals surface area contributed by atoms with Crippen molar-refractivity contribution in [3.8, 4) is 0 Å². The third-order valence-corrected chi connectivity index (χ3v) is 5.16. The average molecular weight is 387 g/mol. The second kappa shape index (κ2) is 6.31. The van der Waals surface area contributed by atoms with Crippen LogP contribution in [0.15, 0.2) is 34.0 Å². The van der Waals surface area contributed by atoms with Crippen molar-refractivity contribution in [2.24, 2.45) is 7.05 Å². The van der Waals surface area contributed by atoms with Gasteiger partial charge in [-0.1, -0.05) is 17.7 Å². The molecule has 0 bridgehead atoms. The van der Waals surface area contributed by atoms with Crippen molar-refractivity contribution >= 4 is 34.2 Å². The molecule has 3 aromatic heterocycles. The lowest BCUT2D eigenvalue weighted by Crippen LogP contribution is -2.28. The third kappa shape index (κ3) is 2.82. The number of halogens is 1. The van der Waals surface area contributed by atoms with E-state index in [4.69, 9.17) is 11.6 Å². The average Bonchev–Trinajstić information content (AvgIpc) is 3.12. The van der Waals surface area contributed by atoms with Crippen molar-refractivity contribution in [1.82, 2.24) is 23.5 Å². The van der Waals surface area contributed by atoms with E-state index < -0.39 is 11.2 Å². The Morgan fingerprint density at radius 2 is 2.04 bits per heavy atom. The van der Waals surface area contributed by atoms with Gasteiger partial charge in [0.05, 0.1) is 0 Å². The minimum Gasteiger partial charge on any atom is -0.383 e. The van der Waals surface area contributed by atoms with Gasteiger partial charge < -0.3 is 9.88 Å². The fourth-order valence-electron chi connectivity index (χ4n) is 3.21. The van der Waals surface area contributed by atoms with Crippen molar-refractivity contribution in [2.45, 2.75) is 20.4 Å². The molecule has 2 N–H and O–H groups in total. The number of aromatic nitrogens is 5. The Morgan fingerprint density at radius 1 is 1.26 bits per heavy atom.